The number of amides is 4. The summed E-state index contributed by atoms with van der Waals surface area (Å²) < 4.78 is 0. The Bertz CT molecular complexity index is 1350. The van der Waals surface area contributed by atoms with Crippen molar-refractivity contribution in [3.8, 4) is 0 Å². The van der Waals surface area contributed by atoms with Gasteiger partial charge in [0.1, 0.15) is 0 Å². The molecule has 0 radical (unpaired) electrons. The molecule has 0 atom stereocenters. The summed E-state index contributed by atoms with van der Waals surface area (Å²) in [6.45, 7) is 1.57. The van der Waals surface area contributed by atoms with Gasteiger partial charge in [-0.1, -0.05) is 18.2 Å². The lowest BCUT2D eigenvalue weighted by atomic mass is 10.0. The molecule has 10 nitrogen and oxygen atoms in total. The standard InChI is InChI=1S/C25H26N6O4/c32-22(14-26-23(33)17-5-6-19-21(13-17)27-15-28-24(19)34)30-10-8-18(9-11-30)31-12-7-16-3-1-2-4-20(16)29-25(31)35/h1-6,13,15,18H,7-12,14H2,(H,26,33)(H,29,35)(H,27,28,34). The highest BCUT2D eigenvalue weighted by molar-refractivity contribution is 5.99. The van der Waals surface area contributed by atoms with E-state index in [-0.39, 0.29) is 30.1 Å². The largest absolute Gasteiger partial charge is 0.343 e. The molecule has 5 rings (SSSR count). The summed E-state index contributed by atoms with van der Waals surface area (Å²) in [5.41, 5.74) is 2.45. The molecule has 180 valence electrons. The topological polar surface area (TPSA) is 127 Å². The van der Waals surface area contributed by atoms with Crippen LogP contribution in [0.2, 0.25) is 0 Å². The number of nitrogens with zero attached hydrogens (tertiary/aromatic N) is 3. The number of carbonyl (C=O) groups excluding carboxylic acids is 3. The molecule has 2 aromatic carbocycles. The molecule has 1 aromatic heterocycles. The first-order valence-electron chi connectivity index (χ1n) is 11.7. The van der Waals surface area contributed by atoms with Crippen molar-refractivity contribution in [1.82, 2.24) is 25.1 Å². The van der Waals surface area contributed by atoms with E-state index in [2.05, 4.69) is 20.6 Å². The van der Waals surface area contributed by atoms with Crippen molar-refractivity contribution in [2.75, 3.05) is 31.5 Å². The van der Waals surface area contributed by atoms with E-state index < -0.39 is 5.91 Å². The Morgan fingerprint density at radius 3 is 2.69 bits per heavy atom. The van der Waals surface area contributed by atoms with Crippen molar-refractivity contribution in [2.24, 2.45) is 0 Å². The summed E-state index contributed by atoms with van der Waals surface area (Å²) in [6, 6.07) is 12.4. The molecule has 0 unspecified atom stereocenters. The average molecular weight is 475 g/mol. The van der Waals surface area contributed by atoms with Gasteiger partial charge in [-0.05, 0) is 49.1 Å². The van der Waals surface area contributed by atoms with Crippen LogP contribution in [0.3, 0.4) is 0 Å². The number of hydrogen-bond donors (Lipinski definition) is 3. The number of piperidine rings is 1. The predicted octanol–water partition coefficient (Wildman–Crippen LogP) is 1.73. The Kier molecular flexibility index (Phi) is 6.17. The SMILES string of the molecule is O=C(NCC(=O)N1CCC(N2CCc3ccccc3NC2=O)CC1)c1ccc2c(=O)[nH]cnc2c1. The number of para-hydroxylation sites is 1. The minimum Gasteiger partial charge on any atom is -0.343 e. The summed E-state index contributed by atoms with van der Waals surface area (Å²) in [7, 11) is 0. The Labute approximate surface area is 201 Å². The monoisotopic (exact) mass is 474 g/mol. The highest BCUT2D eigenvalue weighted by atomic mass is 16.2. The lowest BCUT2D eigenvalue weighted by molar-refractivity contribution is -0.131. The smallest absolute Gasteiger partial charge is 0.322 e. The number of anilines is 1. The Morgan fingerprint density at radius 1 is 1.06 bits per heavy atom. The molecule has 4 amide bonds. The molecule has 3 heterocycles. The zero-order valence-electron chi connectivity index (χ0n) is 19.1. The summed E-state index contributed by atoms with van der Waals surface area (Å²) >= 11 is 0. The van der Waals surface area contributed by atoms with Gasteiger partial charge in [-0.15, -0.1) is 0 Å². The second kappa shape index (κ2) is 9.57. The number of H-pyrrole nitrogens is 1. The number of likely N-dealkylation sites (tertiary alicyclic amines) is 1. The molecular weight excluding hydrogens is 448 g/mol. The average Bonchev–Trinajstić information content (AvgIpc) is 3.05. The van der Waals surface area contributed by atoms with Crippen LogP contribution < -0.4 is 16.2 Å². The third kappa shape index (κ3) is 4.72. The molecule has 10 heteroatoms. The van der Waals surface area contributed by atoms with Crippen molar-refractivity contribution in [3.05, 3.63) is 70.3 Å². The fourth-order valence-electron chi connectivity index (χ4n) is 4.74. The first kappa shape index (κ1) is 22.6. The zero-order chi connectivity index (χ0) is 24.4. The molecule has 0 bridgehead atoms. The van der Waals surface area contributed by atoms with E-state index in [0.717, 1.165) is 17.7 Å². The lowest BCUT2D eigenvalue weighted by Crippen LogP contribution is -2.51. The van der Waals surface area contributed by atoms with E-state index >= 15 is 0 Å². The van der Waals surface area contributed by atoms with E-state index in [9.17, 15) is 19.2 Å². The first-order valence-corrected chi connectivity index (χ1v) is 11.7. The van der Waals surface area contributed by atoms with Gasteiger partial charge in [0, 0.05) is 36.9 Å². The van der Waals surface area contributed by atoms with Crippen molar-refractivity contribution in [2.45, 2.75) is 25.3 Å². The molecule has 1 fully saturated rings. The van der Waals surface area contributed by atoms with Crippen LogP contribution in [-0.4, -0.2) is 69.8 Å². The van der Waals surface area contributed by atoms with E-state index in [0.29, 0.717) is 48.9 Å². The molecule has 35 heavy (non-hydrogen) atoms. The van der Waals surface area contributed by atoms with Crippen molar-refractivity contribution in [1.29, 1.82) is 0 Å². The van der Waals surface area contributed by atoms with Crippen LogP contribution in [0.25, 0.3) is 10.9 Å². The van der Waals surface area contributed by atoms with Gasteiger partial charge in [0.2, 0.25) is 5.91 Å². The number of aromatic nitrogens is 2. The first-order chi connectivity index (χ1) is 17.0. The molecule has 2 aliphatic rings. The van der Waals surface area contributed by atoms with Gasteiger partial charge in [-0.25, -0.2) is 9.78 Å². The van der Waals surface area contributed by atoms with Gasteiger partial charge in [-0.3, -0.25) is 14.4 Å². The maximum atomic E-state index is 12.8. The summed E-state index contributed by atoms with van der Waals surface area (Å²) in [4.78, 5) is 60.0. The number of urea groups is 1. The highest BCUT2D eigenvalue weighted by Crippen LogP contribution is 2.24. The Balaban J connectivity index is 1.13. The number of hydrogen-bond acceptors (Lipinski definition) is 5. The molecule has 3 aromatic rings. The number of benzene rings is 2. The third-order valence-electron chi connectivity index (χ3n) is 6.70. The number of carbonyl (C=O) groups is 3. The summed E-state index contributed by atoms with van der Waals surface area (Å²) in [6.07, 6.45) is 3.45. The minimum atomic E-state index is -0.405. The van der Waals surface area contributed by atoms with Crippen LogP contribution in [-0.2, 0) is 11.2 Å². The van der Waals surface area contributed by atoms with E-state index in [1.165, 1.54) is 18.5 Å². The quantitative estimate of drug-likeness (QED) is 0.531. The summed E-state index contributed by atoms with van der Waals surface area (Å²) in [5, 5.41) is 6.05. The van der Waals surface area contributed by atoms with Crippen LogP contribution in [0.1, 0.15) is 28.8 Å². The van der Waals surface area contributed by atoms with Gasteiger partial charge in [-0.2, -0.15) is 0 Å². The molecule has 1 saturated heterocycles. The maximum absolute atomic E-state index is 12.8. The number of rotatable bonds is 4. The van der Waals surface area contributed by atoms with Crippen molar-refractivity contribution in [3.63, 3.8) is 0 Å². The van der Waals surface area contributed by atoms with E-state index in [1.807, 2.05) is 29.2 Å². The normalized spacial score (nSPS) is 16.4. The van der Waals surface area contributed by atoms with Crippen LogP contribution in [0, 0.1) is 0 Å². The third-order valence-corrected chi connectivity index (χ3v) is 6.70. The number of aromatic amines is 1. The van der Waals surface area contributed by atoms with E-state index in [1.54, 1.807) is 11.0 Å². The molecule has 3 N–H and O–H groups in total. The summed E-state index contributed by atoms with van der Waals surface area (Å²) in [5.74, 6) is -0.571. The fourth-order valence-corrected chi connectivity index (χ4v) is 4.74. The highest BCUT2D eigenvalue weighted by Gasteiger charge is 2.31. The van der Waals surface area contributed by atoms with Crippen LogP contribution in [0.4, 0.5) is 10.5 Å². The minimum absolute atomic E-state index is 0.0659. The van der Waals surface area contributed by atoms with Crippen molar-refractivity contribution < 1.29 is 14.4 Å². The molecule has 0 spiro atoms. The zero-order valence-corrected chi connectivity index (χ0v) is 19.1. The lowest BCUT2D eigenvalue weighted by Gasteiger charge is -2.38. The van der Waals surface area contributed by atoms with Gasteiger partial charge < -0.3 is 25.4 Å². The van der Waals surface area contributed by atoms with Crippen molar-refractivity contribution >= 4 is 34.4 Å². The van der Waals surface area contributed by atoms with E-state index in [4.69, 9.17) is 0 Å². The van der Waals surface area contributed by atoms with Crippen LogP contribution in [0.5, 0.6) is 0 Å². The molecular formula is C25H26N6O4. The van der Waals surface area contributed by atoms with Crippen LogP contribution >= 0.6 is 0 Å². The molecule has 2 aliphatic heterocycles. The Hall–Kier alpha value is -4.21. The second-order valence-electron chi connectivity index (χ2n) is 8.79. The van der Waals surface area contributed by atoms with Crippen LogP contribution in [0.15, 0.2) is 53.6 Å². The van der Waals surface area contributed by atoms with Gasteiger partial charge in [0.15, 0.2) is 0 Å². The van der Waals surface area contributed by atoms with Gasteiger partial charge in [0.05, 0.1) is 23.8 Å². The molecule has 0 saturated carbocycles. The van der Waals surface area contributed by atoms with Gasteiger partial charge in [0.25, 0.3) is 11.5 Å². The second-order valence-corrected chi connectivity index (χ2v) is 8.79. The maximum Gasteiger partial charge on any atom is 0.322 e. The Morgan fingerprint density at radius 2 is 1.86 bits per heavy atom. The predicted molar refractivity (Wildman–Crippen MR) is 130 cm³/mol. The fraction of sp³-hybridized carbons (Fsp3) is 0.320. The van der Waals surface area contributed by atoms with Gasteiger partial charge >= 0.3 is 6.03 Å². The number of nitrogens with one attached hydrogen (secondary N) is 3. The molecule has 0 aliphatic carbocycles. The number of fused-ring (bicyclic) bond motifs is 2.